The number of unbranched alkanes of at least 4 members (excludes halogenated alkanes) is 2. The molecule has 0 atom stereocenters. The van der Waals surface area contributed by atoms with Crippen LogP contribution >= 0.6 is 0 Å². The third-order valence-electron chi connectivity index (χ3n) is 4.31. The van der Waals surface area contributed by atoms with E-state index >= 15 is 0 Å². The molecule has 1 aromatic heterocycles. The van der Waals surface area contributed by atoms with Crippen LogP contribution in [-0.2, 0) is 24.2 Å². The molecule has 1 aromatic rings. The summed E-state index contributed by atoms with van der Waals surface area (Å²) in [6.45, 7) is 10.0. The summed E-state index contributed by atoms with van der Waals surface area (Å²) in [6.07, 6.45) is 5.24. The lowest BCUT2D eigenvalue weighted by Crippen LogP contribution is -2.36. The number of rotatable bonds is 6. The van der Waals surface area contributed by atoms with Crippen molar-refractivity contribution in [2.75, 3.05) is 11.9 Å². The predicted molar refractivity (Wildman–Crippen MR) is 87.7 cm³/mol. The van der Waals surface area contributed by atoms with E-state index in [0.29, 0.717) is 6.61 Å². The number of hydrogen-bond donors (Lipinski definition) is 1. The summed E-state index contributed by atoms with van der Waals surface area (Å²) in [4.78, 5) is 3.43. The monoisotopic (exact) mass is 302 g/mol. The Hall–Kier alpha value is -1.60. The molecular formula is C18H28N3O+. The number of aromatic amines is 1. The first-order valence-electron chi connectivity index (χ1n) is 8.40. The van der Waals surface area contributed by atoms with E-state index in [2.05, 4.69) is 44.1 Å². The molecule has 0 saturated carbocycles. The van der Waals surface area contributed by atoms with Crippen molar-refractivity contribution in [3.8, 4) is 6.07 Å². The van der Waals surface area contributed by atoms with Gasteiger partial charge in [-0.3, -0.25) is 5.32 Å². The van der Waals surface area contributed by atoms with Crippen LogP contribution in [0.5, 0.6) is 0 Å². The van der Waals surface area contributed by atoms with Gasteiger partial charge < -0.3 is 4.74 Å². The maximum atomic E-state index is 9.66. The summed E-state index contributed by atoms with van der Waals surface area (Å²) < 4.78 is 5.94. The fourth-order valence-electron chi connectivity index (χ4n) is 3.03. The molecule has 0 fully saturated rings. The second kappa shape index (κ2) is 7.11. The Bertz CT molecular complexity index is 573. The van der Waals surface area contributed by atoms with E-state index in [1.807, 2.05) is 0 Å². The fraction of sp³-hybridized carbons (Fsp3) is 0.667. The molecule has 0 aromatic carbocycles. The van der Waals surface area contributed by atoms with Crippen molar-refractivity contribution in [1.29, 1.82) is 5.26 Å². The van der Waals surface area contributed by atoms with Crippen LogP contribution in [0.25, 0.3) is 0 Å². The number of fused-ring (bicyclic) bond motifs is 1. The normalized spacial score (nSPS) is 16.0. The number of anilines is 1. The van der Waals surface area contributed by atoms with E-state index < -0.39 is 0 Å². The maximum absolute atomic E-state index is 9.66. The Morgan fingerprint density at radius 3 is 2.68 bits per heavy atom. The van der Waals surface area contributed by atoms with E-state index in [1.54, 1.807) is 0 Å². The summed E-state index contributed by atoms with van der Waals surface area (Å²) >= 11 is 0. The molecule has 0 amide bonds. The van der Waals surface area contributed by atoms with Crippen LogP contribution in [0.3, 0.4) is 0 Å². The van der Waals surface area contributed by atoms with Gasteiger partial charge in [0.15, 0.2) is 0 Å². The molecule has 2 N–H and O–H groups in total. The number of hydrogen-bond acceptors (Lipinski definition) is 3. The van der Waals surface area contributed by atoms with Gasteiger partial charge in [0.2, 0.25) is 0 Å². The summed E-state index contributed by atoms with van der Waals surface area (Å²) in [5, 5.41) is 13.1. The quantitative estimate of drug-likeness (QED) is 0.819. The third-order valence-corrected chi connectivity index (χ3v) is 4.31. The number of H-pyrrole nitrogens is 1. The van der Waals surface area contributed by atoms with Crippen molar-refractivity contribution in [3.63, 3.8) is 0 Å². The largest absolute Gasteiger partial charge is 0.370 e. The second-order valence-electron chi connectivity index (χ2n) is 6.64. The van der Waals surface area contributed by atoms with E-state index in [1.165, 1.54) is 24.1 Å². The minimum absolute atomic E-state index is 0.204. The molecule has 1 aliphatic rings. The fourth-order valence-corrected chi connectivity index (χ4v) is 3.03. The standard InChI is InChI=1S/C18H27N3O/c1-5-7-8-9-20-17-14(11-19)13-10-18(3,4)22-12-15(13)16(6-2)21-17/h5-10,12H2,1-4H3,(H,20,21)/p+1. The van der Waals surface area contributed by atoms with E-state index in [9.17, 15) is 5.26 Å². The van der Waals surface area contributed by atoms with Gasteiger partial charge in [0.1, 0.15) is 17.3 Å². The molecule has 2 rings (SSSR count). The Balaban J connectivity index is 2.36. The molecule has 4 heteroatoms. The average molecular weight is 302 g/mol. The molecule has 0 saturated heterocycles. The first kappa shape index (κ1) is 16.8. The predicted octanol–water partition coefficient (Wildman–Crippen LogP) is 3.39. The molecule has 0 aliphatic carbocycles. The van der Waals surface area contributed by atoms with Crippen molar-refractivity contribution < 1.29 is 9.72 Å². The molecule has 0 spiro atoms. The lowest BCUT2D eigenvalue weighted by molar-refractivity contribution is -0.375. The van der Waals surface area contributed by atoms with Gasteiger partial charge in [0, 0.05) is 18.4 Å². The molecular weight excluding hydrogens is 274 g/mol. The van der Waals surface area contributed by atoms with Crippen molar-refractivity contribution >= 4 is 5.82 Å². The highest BCUT2D eigenvalue weighted by molar-refractivity contribution is 5.56. The lowest BCUT2D eigenvalue weighted by atomic mass is 9.87. The second-order valence-corrected chi connectivity index (χ2v) is 6.64. The summed E-state index contributed by atoms with van der Waals surface area (Å²) in [7, 11) is 0. The summed E-state index contributed by atoms with van der Waals surface area (Å²) in [6, 6.07) is 2.40. The Morgan fingerprint density at radius 1 is 1.27 bits per heavy atom. The molecule has 120 valence electrons. The number of nitrogens with one attached hydrogen (secondary N) is 2. The Labute approximate surface area is 133 Å². The van der Waals surface area contributed by atoms with Crippen LogP contribution < -0.4 is 10.3 Å². The van der Waals surface area contributed by atoms with Gasteiger partial charge >= 0.3 is 0 Å². The SMILES string of the molecule is CCCCCNc1[nH+]c(CC)c2c(c1C#N)CC(C)(C)OC2. The van der Waals surface area contributed by atoms with Crippen LogP contribution in [0.15, 0.2) is 0 Å². The molecule has 22 heavy (non-hydrogen) atoms. The molecule has 2 heterocycles. The van der Waals surface area contributed by atoms with Crippen LogP contribution in [-0.4, -0.2) is 12.1 Å². The van der Waals surface area contributed by atoms with Crippen molar-refractivity contribution in [1.82, 2.24) is 0 Å². The zero-order valence-corrected chi connectivity index (χ0v) is 14.3. The number of aromatic nitrogens is 1. The first-order valence-corrected chi connectivity index (χ1v) is 8.40. The summed E-state index contributed by atoms with van der Waals surface area (Å²) in [5.74, 6) is 0.881. The zero-order chi connectivity index (χ0) is 16.2. The zero-order valence-electron chi connectivity index (χ0n) is 14.3. The molecule has 0 bridgehead atoms. The molecule has 0 radical (unpaired) electrons. The molecule has 4 nitrogen and oxygen atoms in total. The Kier molecular flexibility index (Phi) is 5.42. The minimum Gasteiger partial charge on any atom is -0.370 e. The van der Waals surface area contributed by atoms with Gasteiger partial charge in [-0.15, -0.1) is 0 Å². The van der Waals surface area contributed by atoms with E-state index in [4.69, 9.17) is 4.74 Å². The highest BCUT2D eigenvalue weighted by Crippen LogP contribution is 2.32. The number of pyridine rings is 1. The van der Waals surface area contributed by atoms with Gasteiger partial charge in [-0.2, -0.15) is 5.26 Å². The van der Waals surface area contributed by atoms with E-state index in [-0.39, 0.29) is 5.60 Å². The number of nitrogens with zero attached hydrogens (tertiary/aromatic N) is 1. The summed E-state index contributed by atoms with van der Waals surface area (Å²) in [5.41, 5.74) is 4.08. The topological polar surface area (TPSA) is 59.2 Å². The number of nitriles is 1. The molecule has 0 unspecified atom stereocenters. The Morgan fingerprint density at radius 2 is 2.05 bits per heavy atom. The van der Waals surface area contributed by atoms with Gasteiger partial charge in [-0.05, 0) is 32.3 Å². The maximum Gasteiger partial charge on any atom is 0.290 e. The van der Waals surface area contributed by atoms with Crippen molar-refractivity contribution in [3.05, 3.63) is 22.4 Å². The van der Waals surface area contributed by atoms with E-state index in [0.717, 1.165) is 42.8 Å². The van der Waals surface area contributed by atoms with Gasteiger partial charge in [0.05, 0.1) is 18.8 Å². The van der Waals surface area contributed by atoms with Crippen LogP contribution in [0.1, 0.15) is 69.3 Å². The van der Waals surface area contributed by atoms with Crippen LogP contribution in [0.2, 0.25) is 0 Å². The van der Waals surface area contributed by atoms with Crippen molar-refractivity contribution in [2.45, 2.75) is 72.0 Å². The van der Waals surface area contributed by atoms with Crippen LogP contribution in [0.4, 0.5) is 5.82 Å². The van der Waals surface area contributed by atoms with Gasteiger partial charge in [-0.1, -0.05) is 20.3 Å². The van der Waals surface area contributed by atoms with Gasteiger partial charge in [-0.25, -0.2) is 4.98 Å². The minimum atomic E-state index is -0.204. The number of ether oxygens (including phenoxy) is 1. The third kappa shape index (κ3) is 3.59. The van der Waals surface area contributed by atoms with Crippen molar-refractivity contribution in [2.24, 2.45) is 0 Å². The average Bonchev–Trinajstić information content (AvgIpc) is 2.49. The van der Waals surface area contributed by atoms with Crippen LogP contribution in [0, 0.1) is 11.3 Å². The first-order chi connectivity index (χ1) is 10.5. The smallest absolute Gasteiger partial charge is 0.290 e. The highest BCUT2D eigenvalue weighted by Gasteiger charge is 2.33. The highest BCUT2D eigenvalue weighted by atomic mass is 16.5. The lowest BCUT2D eigenvalue weighted by Gasteiger charge is -2.32. The molecule has 1 aliphatic heterocycles. The van der Waals surface area contributed by atoms with Gasteiger partial charge in [0.25, 0.3) is 5.82 Å². The number of aryl methyl sites for hydroxylation is 1.